The van der Waals surface area contributed by atoms with Crippen LogP contribution in [-0.4, -0.2) is 29.2 Å². The first kappa shape index (κ1) is 15.7. The van der Waals surface area contributed by atoms with Crippen LogP contribution >= 0.6 is 0 Å². The number of amides is 1. The molecule has 0 radical (unpaired) electrons. The van der Waals surface area contributed by atoms with Crippen LogP contribution in [0.1, 0.15) is 41.2 Å². The van der Waals surface area contributed by atoms with Gasteiger partial charge in [0.15, 0.2) is 5.69 Å². The molecule has 0 bridgehead atoms. The number of carbonyl (C=O) groups is 1. The fourth-order valence-electron chi connectivity index (χ4n) is 2.80. The standard InChI is InChI=1S/C17H21FN4O/c1-17(2,11-3-5-12(18)6-4-11)10-20-16(23)15-13-9-19-8-7-14(13)21-22-15/h3-6,19H,7-10H2,1-2H3,(H,20,23)(H,21,22). The Hall–Kier alpha value is -2.21. The minimum absolute atomic E-state index is 0.179. The van der Waals surface area contributed by atoms with Gasteiger partial charge in [-0.2, -0.15) is 5.10 Å². The van der Waals surface area contributed by atoms with Crippen molar-refractivity contribution in [2.45, 2.75) is 32.2 Å². The second-order valence-electron chi connectivity index (χ2n) is 6.53. The molecule has 3 N–H and O–H groups in total. The Balaban J connectivity index is 1.68. The van der Waals surface area contributed by atoms with Gasteiger partial charge in [0.05, 0.1) is 0 Å². The van der Waals surface area contributed by atoms with Crippen molar-refractivity contribution in [2.24, 2.45) is 0 Å². The third-order valence-electron chi connectivity index (χ3n) is 4.34. The van der Waals surface area contributed by atoms with Crippen molar-refractivity contribution in [3.8, 4) is 0 Å². The lowest BCUT2D eigenvalue weighted by Gasteiger charge is -2.25. The largest absolute Gasteiger partial charge is 0.350 e. The zero-order valence-corrected chi connectivity index (χ0v) is 13.4. The molecule has 1 amide bonds. The van der Waals surface area contributed by atoms with Gasteiger partial charge in [-0.25, -0.2) is 4.39 Å². The summed E-state index contributed by atoms with van der Waals surface area (Å²) in [5.41, 5.74) is 3.13. The molecular formula is C17H21FN4O. The highest BCUT2D eigenvalue weighted by Gasteiger charge is 2.25. The number of aromatic nitrogens is 2. The number of rotatable bonds is 4. The lowest BCUT2D eigenvalue weighted by Crippen LogP contribution is -2.37. The molecule has 2 heterocycles. The van der Waals surface area contributed by atoms with Crippen molar-refractivity contribution in [2.75, 3.05) is 13.1 Å². The predicted octanol–water partition coefficient (Wildman–Crippen LogP) is 1.90. The van der Waals surface area contributed by atoms with Crippen molar-refractivity contribution >= 4 is 5.91 Å². The summed E-state index contributed by atoms with van der Waals surface area (Å²) in [6, 6.07) is 6.38. The van der Waals surface area contributed by atoms with E-state index in [1.807, 2.05) is 13.8 Å². The highest BCUT2D eigenvalue weighted by atomic mass is 19.1. The fourth-order valence-corrected chi connectivity index (χ4v) is 2.80. The van der Waals surface area contributed by atoms with Gasteiger partial charge in [0.2, 0.25) is 0 Å². The van der Waals surface area contributed by atoms with Crippen molar-refractivity contribution in [1.82, 2.24) is 20.8 Å². The smallest absolute Gasteiger partial charge is 0.272 e. The van der Waals surface area contributed by atoms with E-state index in [9.17, 15) is 9.18 Å². The maximum Gasteiger partial charge on any atom is 0.272 e. The average molecular weight is 316 g/mol. The van der Waals surface area contributed by atoms with E-state index in [-0.39, 0.29) is 17.1 Å². The van der Waals surface area contributed by atoms with E-state index < -0.39 is 0 Å². The van der Waals surface area contributed by atoms with Gasteiger partial charge in [0.25, 0.3) is 5.91 Å². The van der Waals surface area contributed by atoms with E-state index in [1.165, 1.54) is 12.1 Å². The quantitative estimate of drug-likeness (QED) is 0.807. The van der Waals surface area contributed by atoms with Crippen LogP contribution in [0.4, 0.5) is 4.39 Å². The molecule has 1 aliphatic rings. The molecule has 2 aromatic rings. The highest BCUT2D eigenvalue weighted by molar-refractivity contribution is 5.94. The summed E-state index contributed by atoms with van der Waals surface area (Å²) in [6.45, 7) is 6.04. The number of fused-ring (bicyclic) bond motifs is 1. The van der Waals surface area contributed by atoms with E-state index in [2.05, 4.69) is 20.8 Å². The van der Waals surface area contributed by atoms with Gasteiger partial charge >= 0.3 is 0 Å². The molecule has 0 fully saturated rings. The van der Waals surface area contributed by atoms with Crippen molar-refractivity contribution < 1.29 is 9.18 Å². The Morgan fingerprint density at radius 3 is 2.83 bits per heavy atom. The molecule has 122 valence electrons. The molecule has 0 spiro atoms. The van der Waals surface area contributed by atoms with Gasteiger partial charge in [-0.15, -0.1) is 0 Å². The number of hydrogen-bond acceptors (Lipinski definition) is 3. The molecule has 1 aromatic heterocycles. The lowest BCUT2D eigenvalue weighted by atomic mass is 9.84. The number of aromatic amines is 1. The van der Waals surface area contributed by atoms with E-state index in [0.29, 0.717) is 18.8 Å². The summed E-state index contributed by atoms with van der Waals surface area (Å²) in [7, 11) is 0. The summed E-state index contributed by atoms with van der Waals surface area (Å²) < 4.78 is 13.0. The van der Waals surface area contributed by atoms with E-state index in [1.54, 1.807) is 12.1 Å². The molecule has 3 rings (SSSR count). The minimum atomic E-state index is -0.294. The van der Waals surface area contributed by atoms with Crippen molar-refractivity contribution in [3.63, 3.8) is 0 Å². The third-order valence-corrected chi connectivity index (χ3v) is 4.34. The first-order chi connectivity index (χ1) is 11.0. The zero-order chi connectivity index (χ0) is 16.4. The molecule has 1 aliphatic heterocycles. The lowest BCUT2D eigenvalue weighted by molar-refractivity contribution is 0.0939. The molecule has 0 aliphatic carbocycles. The molecular weight excluding hydrogens is 295 g/mol. The van der Waals surface area contributed by atoms with Gasteiger partial charge in [0.1, 0.15) is 5.82 Å². The van der Waals surface area contributed by atoms with Crippen LogP contribution < -0.4 is 10.6 Å². The highest BCUT2D eigenvalue weighted by Crippen LogP contribution is 2.23. The number of halogens is 1. The van der Waals surface area contributed by atoms with Crippen LogP contribution in [-0.2, 0) is 18.4 Å². The van der Waals surface area contributed by atoms with Gasteiger partial charge < -0.3 is 10.6 Å². The number of benzene rings is 1. The van der Waals surface area contributed by atoms with Crippen LogP contribution in [0.3, 0.4) is 0 Å². The van der Waals surface area contributed by atoms with Crippen LogP contribution in [0.5, 0.6) is 0 Å². The minimum Gasteiger partial charge on any atom is -0.350 e. The fraction of sp³-hybridized carbons (Fsp3) is 0.412. The summed E-state index contributed by atoms with van der Waals surface area (Å²) in [6.07, 6.45) is 0.858. The molecule has 5 nitrogen and oxygen atoms in total. The maximum absolute atomic E-state index is 13.0. The molecule has 0 saturated carbocycles. The van der Waals surface area contributed by atoms with Crippen LogP contribution in [0.25, 0.3) is 0 Å². The second-order valence-corrected chi connectivity index (χ2v) is 6.53. The summed E-state index contributed by atoms with van der Waals surface area (Å²) in [4.78, 5) is 12.4. The van der Waals surface area contributed by atoms with Crippen LogP contribution in [0, 0.1) is 5.82 Å². The molecule has 1 aromatic carbocycles. The van der Waals surface area contributed by atoms with E-state index >= 15 is 0 Å². The molecule has 0 saturated heterocycles. The monoisotopic (exact) mass is 316 g/mol. The van der Waals surface area contributed by atoms with Gasteiger partial charge in [-0.05, 0) is 17.7 Å². The SMILES string of the molecule is CC(C)(CNC(=O)c1n[nH]c2c1CNCC2)c1ccc(F)cc1. The molecule has 23 heavy (non-hydrogen) atoms. The Morgan fingerprint density at radius 2 is 2.09 bits per heavy atom. The summed E-state index contributed by atoms with van der Waals surface area (Å²) in [5.74, 6) is -0.439. The number of nitrogens with zero attached hydrogens (tertiary/aromatic N) is 1. The molecule has 0 atom stereocenters. The van der Waals surface area contributed by atoms with Gasteiger partial charge in [-0.3, -0.25) is 9.89 Å². The normalized spacial score (nSPS) is 14.4. The Labute approximate surface area is 134 Å². The number of carbonyl (C=O) groups excluding carboxylic acids is 1. The molecule has 0 unspecified atom stereocenters. The van der Waals surface area contributed by atoms with E-state index in [0.717, 1.165) is 29.8 Å². The van der Waals surface area contributed by atoms with Gasteiger partial charge in [-0.1, -0.05) is 26.0 Å². The zero-order valence-electron chi connectivity index (χ0n) is 13.4. The first-order valence-electron chi connectivity index (χ1n) is 7.78. The number of hydrogen-bond donors (Lipinski definition) is 3. The second kappa shape index (κ2) is 6.12. The maximum atomic E-state index is 13.0. The number of H-pyrrole nitrogens is 1. The van der Waals surface area contributed by atoms with Crippen molar-refractivity contribution in [1.29, 1.82) is 0 Å². The average Bonchev–Trinajstić information content (AvgIpc) is 2.97. The van der Waals surface area contributed by atoms with Crippen molar-refractivity contribution in [3.05, 3.63) is 52.6 Å². The van der Waals surface area contributed by atoms with Gasteiger partial charge in [0, 0.05) is 42.7 Å². The Bertz CT molecular complexity index is 706. The number of nitrogens with one attached hydrogen (secondary N) is 3. The Morgan fingerprint density at radius 1 is 1.35 bits per heavy atom. The molecule has 6 heteroatoms. The van der Waals surface area contributed by atoms with Crippen LogP contribution in [0.15, 0.2) is 24.3 Å². The topological polar surface area (TPSA) is 69.8 Å². The predicted molar refractivity (Wildman–Crippen MR) is 85.8 cm³/mol. The Kier molecular flexibility index (Phi) is 4.17. The first-order valence-corrected chi connectivity index (χ1v) is 7.78. The van der Waals surface area contributed by atoms with E-state index in [4.69, 9.17) is 0 Å². The van der Waals surface area contributed by atoms with Crippen LogP contribution in [0.2, 0.25) is 0 Å². The third kappa shape index (κ3) is 3.27. The summed E-state index contributed by atoms with van der Waals surface area (Å²) >= 11 is 0. The summed E-state index contributed by atoms with van der Waals surface area (Å²) in [5, 5.41) is 13.3.